The number of carbonyl (C=O) groups excluding carboxylic acids is 2. The van der Waals surface area contributed by atoms with Crippen LogP contribution in [0.4, 0.5) is 0 Å². The van der Waals surface area contributed by atoms with Crippen molar-refractivity contribution in [2.45, 2.75) is 42.3 Å². The molecule has 6 nitrogen and oxygen atoms in total. The molecule has 0 atom stereocenters. The largest absolute Gasteiger partial charge is 0.460 e. The van der Waals surface area contributed by atoms with Crippen LogP contribution in [0.15, 0.2) is 12.1 Å². The smallest absolute Gasteiger partial charge is 0.338 e. The second kappa shape index (κ2) is 10.3. The van der Waals surface area contributed by atoms with Gasteiger partial charge < -0.3 is 15.2 Å². The lowest BCUT2D eigenvalue weighted by atomic mass is 9.76. The molecule has 8 heteroatoms. The molecule has 27 heavy (non-hydrogen) atoms. The van der Waals surface area contributed by atoms with E-state index in [1.165, 1.54) is 0 Å². The molecule has 1 aromatic carbocycles. The Labute approximate surface area is 175 Å². The van der Waals surface area contributed by atoms with Crippen molar-refractivity contribution in [1.82, 2.24) is 0 Å². The van der Waals surface area contributed by atoms with Crippen LogP contribution >= 0.6 is 31.9 Å². The van der Waals surface area contributed by atoms with E-state index in [1.54, 1.807) is 6.07 Å². The van der Waals surface area contributed by atoms with Crippen molar-refractivity contribution in [2.24, 2.45) is 5.73 Å². The van der Waals surface area contributed by atoms with Crippen LogP contribution in [0, 0.1) is 12.3 Å². The number of ketones is 1. The summed E-state index contributed by atoms with van der Waals surface area (Å²) in [6, 6.07) is 3.60. The second-order valence-electron chi connectivity index (χ2n) is 6.57. The molecule has 0 unspecified atom stereocenters. The van der Waals surface area contributed by atoms with Crippen LogP contribution in [0.3, 0.4) is 0 Å². The summed E-state index contributed by atoms with van der Waals surface area (Å²) >= 11 is 6.53. The number of amidine groups is 1. The molecule has 0 saturated heterocycles. The zero-order valence-corrected chi connectivity index (χ0v) is 18.4. The van der Waals surface area contributed by atoms with Crippen molar-refractivity contribution in [3.63, 3.8) is 0 Å². The summed E-state index contributed by atoms with van der Waals surface area (Å²) < 4.78 is 10.0. The van der Waals surface area contributed by atoms with Gasteiger partial charge in [-0.2, -0.15) is 0 Å². The Balaban J connectivity index is 2.07. The molecule has 1 fully saturated rings. The third-order valence-corrected chi connectivity index (χ3v) is 5.43. The Morgan fingerprint density at radius 1 is 1.22 bits per heavy atom. The highest BCUT2D eigenvalue weighted by Gasteiger charge is 2.28. The molecule has 0 spiro atoms. The molecule has 3 N–H and O–H groups in total. The zero-order chi connectivity index (χ0) is 20.0. The first kappa shape index (κ1) is 22.0. The lowest BCUT2D eigenvalue weighted by molar-refractivity contribution is 0.0326. The third kappa shape index (κ3) is 6.12. The van der Waals surface area contributed by atoms with Gasteiger partial charge in [0.2, 0.25) is 0 Å². The van der Waals surface area contributed by atoms with Gasteiger partial charge in [0, 0.05) is 12.0 Å². The normalized spacial score (nSPS) is 14.1. The predicted molar refractivity (Wildman–Crippen MR) is 111 cm³/mol. The number of nitrogens with one attached hydrogen (secondary N) is 1. The number of carbonyl (C=O) groups is 2. The molecule has 0 aliphatic heterocycles. The summed E-state index contributed by atoms with van der Waals surface area (Å²) in [5.41, 5.74) is 8.01. The number of ether oxygens (including phenoxy) is 2. The fourth-order valence-corrected chi connectivity index (χ4v) is 3.39. The summed E-state index contributed by atoms with van der Waals surface area (Å²) in [5.74, 6) is -0.138. The highest BCUT2D eigenvalue weighted by atomic mass is 79.9. The number of Topliss-reactive ketones (excluding diaryl/α,β-unsaturated/α-hetero) is 1. The van der Waals surface area contributed by atoms with Crippen LogP contribution in [0.25, 0.3) is 0 Å². The summed E-state index contributed by atoms with van der Waals surface area (Å²) in [6.45, 7) is 2.51. The molecule has 0 amide bonds. The molecule has 0 bridgehead atoms. The van der Waals surface area contributed by atoms with Gasteiger partial charge in [0.05, 0.1) is 24.6 Å². The van der Waals surface area contributed by atoms with Gasteiger partial charge >= 0.3 is 5.97 Å². The molecule has 148 valence electrons. The molecule has 1 aliphatic carbocycles. The Kier molecular flexibility index (Phi) is 8.44. The van der Waals surface area contributed by atoms with E-state index in [9.17, 15) is 9.59 Å². The summed E-state index contributed by atoms with van der Waals surface area (Å²) in [7, 11) is 0. The Morgan fingerprint density at radius 3 is 2.48 bits per heavy atom. The van der Waals surface area contributed by atoms with Crippen molar-refractivity contribution >= 4 is 49.4 Å². The zero-order valence-electron chi connectivity index (χ0n) is 15.2. The summed E-state index contributed by atoms with van der Waals surface area (Å²) in [5, 5.41) is 7.11. The van der Waals surface area contributed by atoms with E-state index in [-0.39, 0.29) is 24.8 Å². The lowest BCUT2D eigenvalue weighted by Gasteiger charge is -2.28. The van der Waals surface area contributed by atoms with E-state index in [0.29, 0.717) is 30.1 Å². The van der Waals surface area contributed by atoms with Crippen LogP contribution in [0.2, 0.25) is 0 Å². The van der Waals surface area contributed by atoms with E-state index in [4.69, 9.17) is 20.6 Å². The maximum absolute atomic E-state index is 12.6. The average Bonchev–Trinajstić information content (AvgIpc) is 2.55. The number of alkyl halides is 2. The first-order valence-corrected chi connectivity index (χ1v) is 10.7. The Bertz CT molecular complexity index is 718. The van der Waals surface area contributed by atoms with E-state index in [1.807, 2.05) is 13.0 Å². The number of halogens is 2. The Hall–Kier alpha value is -1.25. The fourth-order valence-electron chi connectivity index (χ4n) is 2.89. The quantitative estimate of drug-likeness (QED) is 0.125. The van der Waals surface area contributed by atoms with Gasteiger partial charge in [0.1, 0.15) is 10.3 Å². The first-order chi connectivity index (χ1) is 12.8. The van der Waals surface area contributed by atoms with Crippen molar-refractivity contribution in [3.05, 3.63) is 34.4 Å². The van der Waals surface area contributed by atoms with Crippen LogP contribution in [-0.2, 0) is 9.47 Å². The maximum atomic E-state index is 12.6. The number of nitrogens with two attached hydrogens (primary N) is 1. The SMILES string of the molecule is Cc1cc(C2CCC2)c(C(=O)C(Br)Br)cc1C(=O)OCCOCCC(=N)N. The maximum Gasteiger partial charge on any atom is 0.338 e. The second-order valence-corrected chi connectivity index (χ2v) is 9.63. The molecule has 0 aromatic heterocycles. The summed E-state index contributed by atoms with van der Waals surface area (Å²) in [6.07, 6.45) is 3.64. The third-order valence-electron chi connectivity index (χ3n) is 4.60. The molecule has 1 aliphatic rings. The van der Waals surface area contributed by atoms with Gasteiger partial charge in [-0.05, 0) is 42.9 Å². The standard InChI is InChI=1S/C19H24Br2N2O4/c1-11-9-14(12-3-2-4-12)15(17(24)18(20)21)10-13(11)19(25)27-8-7-26-6-5-16(22)23/h9-10,12,18H,2-8H2,1H3,(H3,22,23). The number of benzene rings is 1. The van der Waals surface area contributed by atoms with E-state index in [0.717, 1.165) is 30.4 Å². The van der Waals surface area contributed by atoms with Gasteiger partial charge in [-0.15, -0.1) is 0 Å². The molecule has 1 saturated carbocycles. The molecule has 0 radical (unpaired) electrons. The minimum atomic E-state index is -0.495. The number of aryl methyl sites for hydroxylation is 1. The van der Waals surface area contributed by atoms with Crippen LogP contribution in [-0.4, -0.2) is 41.1 Å². The minimum absolute atomic E-state index is 0.0586. The molecule has 1 aromatic rings. The molecular formula is C19H24Br2N2O4. The van der Waals surface area contributed by atoms with Crippen molar-refractivity contribution in [2.75, 3.05) is 19.8 Å². The van der Waals surface area contributed by atoms with Crippen molar-refractivity contribution < 1.29 is 19.1 Å². The topological polar surface area (TPSA) is 102 Å². The van der Waals surface area contributed by atoms with Crippen LogP contribution in [0.5, 0.6) is 0 Å². The van der Waals surface area contributed by atoms with Crippen LogP contribution in [0.1, 0.15) is 63.4 Å². The number of esters is 1. The summed E-state index contributed by atoms with van der Waals surface area (Å²) in [4.78, 5) is 25.0. The highest BCUT2D eigenvalue weighted by Crippen LogP contribution is 2.40. The van der Waals surface area contributed by atoms with Gasteiger partial charge in [0.25, 0.3) is 0 Å². The van der Waals surface area contributed by atoms with Gasteiger partial charge in [-0.3, -0.25) is 10.2 Å². The van der Waals surface area contributed by atoms with Crippen molar-refractivity contribution in [1.29, 1.82) is 5.41 Å². The van der Waals surface area contributed by atoms with E-state index in [2.05, 4.69) is 31.9 Å². The predicted octanol–water partition coefficient (Wildman–Crippen LogP) is 4.06. The fraction of sp³-hybridized carbons (Fsp3) is 0.526. The number of hydrogen-bond acceptors (Lipinski definition) is 5. The highest BCUT2D eigenvalue weighted by molar-refractivity contribution is 9.25. The van der Waals surface area contributed by atoms with Gasteiger partial charge in [0.15, 0.2) is 5.78 Å². The lowest BCUT2D eigenvalue weighted by Crippen LogP contribution is -2.20. The monoisotopic (exact) mass is 502 g/mol. The van der Waals surface area contributed by atoms with E-state index < -0.39 is 9.71 Å². The van der Waals surface area contributed by atoms with Crippen LogP contribution < -0.4 is 5.73 Å². The number of rotatable bonds is 10. The average molecular weight is 504 g/mol. The van der Waals surface area contributed by atoms with Crippen molar-refractivity contribution in [3.8, 4) is 0 Å². The van der Waals surface area contributed by atoms with Gasteiger partial charge in [-0.1, -0.05) is 44.3 Å². The molecular weight excluding hydrogens is 480 g/mol. The Morgan fingerprint density at radius 2 is 1.93 bits per heavy atom. The molecule has 2 rings (SSSR count). The van der Waals surface area contributed by atoms with Gasteiger partial charge in [-0.25, -0.2) is 4.79 Å². The minimum Gasteiger partial charge on any atom is -0.460 e. The first-order valence-electron chi connectivity index (χ1n) is 8.86. The van der Waals surface area contributed by atoms with E-state index >= 15 is 0 Å². The molecule has 0 heterocycles. The number of hydrogen-bond donors (Lipinski definition) is 2.